The van der Waals surface area contributed by atoms with E-state index in [1.807, 2.05) is 6.07 Å². The summed E-state index contributed by atoms with van der Waals surface area (Å²) in [5.74, 6) is -1.48. The molecule has 0 saturated heterocycles. The maximum Gasteiger partial charge on any atom is 0.322 e. The van der Waals surface area contributed by atoms with E-state index < -0.39 is 17.1 Å². The fourth-order valence-corrected chi connectivity index (χ4v) is 1.31. The zero-order valence-electron chi connectivity index (χ0n) is 7.88. The lowest BCUT2D eigenvalue weighted by atomic mass is 10.1. The Morgan fingerprint density at radius 1 is 1.33 bits per heavy atom. The summed E-state index contributed by atoms with van der Waals surface area (Å²) in [6.07, 6.45) is 0. The van der Waals surface area contributed by atoms with Gasteiger partial charge in [-0.25, -0.2) is 0 Å². The van der Waals surface area contributed by atoms with Crippen molar-refractivity contribution in [1.82, 2.24) is 5.32 Å². The van der Waals surface area contributed by atoms with Crippen LogP contribution in [0.5, 0.6) is 0 Å². The average molecular weight is 225 g/mol. The number of hydrogen-bond acceptors (Lipinski definition) is 3. The van der Waals surface area contributed by atoms with Crippen LogP contribution in [0.4, 0.5) is 0 Å². The predicted octanol–water partition coefficient (Wildman–Crippen LogP) is 0.858. The van der Waals surface area contributed by atoms with Crippen LogP contribution in [-0.2, 0) is 9.59 Å². The molecule has 0 spiro atoms. The molecule has 0 aliphatic heterocycles. The summed E-state index contributed by atoms with van der Waals surface area (Å²) in [6, 6.07) is 8.95. The highest BCUT2D eigenvalue weighted by molar-refractivity contribution is 7.81. The van der Waals surface area contributed by atoms with Gasteiger partial charge in [0.15, 0.2) is 0 Å². The normalized spacial score (nSPS) is 11.8. The quantitative estimate of drug-likeness (QED) is 0.666. The Bertz CT molecular complexity index is 353. The van der Waals surface area contributed by atoms with Gasteiger partial charge in [-0.05, 0) is 5.56 Å². The van der Waals surface area contributed by atoms with E-state index in [1.54, 1.807) is 24.3 Å². The summed E-state index contributed by atoms with van der Waals surface area (Å²) in [7, 11) is 0. The van der Waals surface area contributed by atoms with E-state index in [9.17, 15) is 9.59 Å². The highest BCUT2D eigenvalue weighted by atomic mass is 32.1. The summed E-state index contributed by atoms with van der Waals surface area (Å²) in [5, 5.41) is 10.0. The van der Waals surface area contributed by atoms with Crippen LogP contribution in [0.3, 0.4) is 0 Å². The van der Waals surface area contributed by atoms with Gasteiger partial charge in [0.05, 0.1) is 0 Å². The minimum Gasteiger partial charge on any atom is -0.480 e. The van der Waals surface area contributed by atoms with Gasteiger partial charge in [-0.2, -0.15) is 12.6 Å². The zero-order chi connectivity index (χ0) is 11.3. The van der Waals surface area contributed by atoms with E-state index in [4.69, 9.17) is 5.11 Å². The molecule has 0 heterocycles. The molecule has 0 bridgehead atoms. The molecule has 1 atom stereocenters. The molecular weight excluding hydrogens is 214 g/mol. The molecule has 2 N–H and O–H groups in total. The van der Waals surface area contributed by atoms with E-state index in [0.717, 1.165) is 5.56 Å². The van der Waals surface area contributed by atoms with Crippen molar-refractivity contribution in [3.8, 4) is 0 Å². The molecule has 4 nitrogen and oxygen atoms in total. The third-order valence-corrected chi connectivity index (χ3v) is 2.31. The summed E-state index contributed by atoms with van der Waals surface area (Å²) in [6.45, 7) is -0.386. The molecule has 1 unspecified atom stereocenters. The molecule has 1 rings (SSSR count). The Balaban J connectivity index is 2.57. The van der Waals surface area contributed by atoms with Gasteiger partial charge in [0.25, 0.3) is 0 Å². The van der Waals surface area contributed by atoms with Gasteiger partial charge in [0.2, 0.25) is 5.91 Å². The fourth-order valence-electron chi connectivity index (χ4n) is 1.05. The van der Waals surface area contributed by atoms with Crippen LogP contribution in [0.1, 0.15) is 10.8 Å². The first kappa shape index (κ1) is 11.6. The number of carbonyl (C=O) groups excluding carboxylic acids is 1. The minimum absolute atomic E-state index is 0.386. The summed E-state index contributed by atoms with van der Waals surface area (Å²) >= 11 is 4.11. The number of hydrogen-bond donors (Lipinski definition) is 3. The van der Waals surface area contributed by atoms with Gasteiger partial charge in [-0.15, -0.1) is 0 Å². The number of carboxylic acid groups (broad SMARTS) is 1. The van der Waals surface area contributed by atoms with Crippen molar-refractivity contribution < 1.29 is 14.7 Å². The summed E-state index contributed by atoms with van der Waals surface area (Å²) < 4.78 is 0. The van der Waals surface area contributed by atoms with Crippen LogP contribution in [0.25, 0.3) is 0 Å². The van der Waals surface area contributed by atoms with Gasteiger partial charge < -0.3 is 10.4 Å². The lowest BCUT2D eigenvalue weighted by Gasteiger charge is -2.10. The lowest BCUT2D eigenvalue weighted by molar-refractivity contribution is -0.137. The van der Waals surface area contributed by atoms with E-state index >= 15 is 0 Å². The second-order valence-electron chi connectivity index (χ2n) is 2.92. The van der Waals surface area contributed by atoms with Gasteiger partial charge in [-0.3, -0.25) is 9.59 Å². The summed E-state index contributed by atoms with van der Waals surface area (Å²) in [5.41, 5.74) is 0.740. The van der Waals surface area contributed by atoms with Gasteiger partial charge in [0.1, 0.15) is 11.8 Å². The second kappa shape index (κ2) is 5.41. The van der Waals surface area contributed by atoms with Crippen LogP contribution in [0.2, 0.25) is 0 Å². The molecule has 15 heavy (non-hydrogen) atoms. The van der Waals surface area contributed by atoms with Crippen molar-refractivity contribution >= 4 is 24.5 Å². The van der Waals surface area contributed by atoms with Gasteiger partial charge in [0, 0.05) is 0 Å². The first-order valence-corrected chi connectivity index (χ1v) is 4.85. The van der Waals surface area contributed by atoms with Crippen molar-refractivity contribution in [1.29, 1.82) is 0 Å². The molecule has 0 aromatic heterocycles. The standard InChI is InChI=1S/C10H11NO3S/c12-8(13)6-11-10(14)9(15)7-4-2-1-3-5-7/h1-5,9,15H,6H2,(H,11,14)(H,12,13). The van der Waals surface area contributed by atoms with Crippen LogP contribution in [0.15, 0.2) is 30.3 Å². The first-order chi connectivity index (χ1) is 7.11. The van der Waals surface area contributed by atoms with E-state index in [2.05, 4.69) is 17.9 Å². The number of aliphatic carboxylic acids is 1. The number of carbonyl (C=O) groups is 2. The van der Waals surface area contributed by atoms with Gasteiger partial charge in [-0.1, -0.05) is 30.3 Å². The third-order valence-electron chi connectivity index (χ3n) is 1.78. The molecule has 0 fully saturated rings. The molecule has 5 heteroatoms. The fraction of sp³-hybridized carbons (Fsp3) is 0.200. The smallest absolute Gasteiger partial charge is 0.322 e. The van der Waals surface area contributed by atoms with Gasteiger partial charge >= 0.3 is 5.97 Å². The highest BCUT2D eigenvalue weighted by Crippen LogP contribution is 2.18. The number of rotatable bonds is 4. The number of amides is 1. The zero-order valence-corrected chi connectivity index (χ0v) is 8.78. The Hall–Kier alpha value is -1.49. The molecule has 0 aliphatic carbocycles. The van der Waals surface area contributed by atoms with Crippen LogP contribution < -0.4 is 5.32 Å². The highest BCUT2D eigenvalue weighted by Gasteiger charge is 2.15. The Morgan fingerprint density at radius 3 is 2.47 bits per heavy atom. The van der Waals surface area contributed by atoms with Crippen molar-refractivity contribution in [2.45, 2.75) is 5.25 Å². The molecule has 1 amide bonds. The maximum atomic E-state index is 11.4. The van der Waals surface area contributed by atoms with Crippen LogP contribution in [-0.4, -0.2) is 23.5 Å². The number of nitrogens with one attached hydrogen (secondary N) is 1. The first-order valence-electron chi connectivity index (χ1n) is 4.34. The Morgan fingerprint density at radius 2 is 1.93 bits per heavy atom. The van der Waals surface area contributed by atoms with Crippen molar-refractivity contribution in [3.63, 3.8) is 0 Å². The van der Waals surface area contributed by atoms with E-state index in [0.29, 0.717) is 0 Å². The molecule has 0 saturated carbocycles. The molecular formula is C10H11NO3S. The molecule has 1 aromatic rings. The van der Waals surface area contributed by atoms with Crippen molar-refractivity contribution in [3.05, 3.63) is 35.9 Å². The predicted molar refractivity (Wildman–Crippen MR) is 58.8 cm³/mol. The topological polar surface area (TPSA) is 66.4 Å². The molecule has 80 valence electrons. The molecule has 0 radical (unpaired) electrons. The number of thiol groups is 1. The monoisotopic (exact) mass is 225 g/mol. The average Bonchev–Trinajstić information content (AvgIpc) is 2.26. The van der Waals surface area contributed by atoms with Crippen molar-refractivity contribution in [2.75, 3.05) is 6.54 Å². The van der Waals surface area contributed by atoms with E-state index in [-0.39, 0.29) is 6.54 Å². The lowest BCUT2D eigenvalue weighted by Crippen LogP contribution is -2.31. The largest absolute Gasteiger partial charge is 0.480 e. The van der Waals surface area contributed by atoms with Crippen LogP contribution >= 0.6 is 12.6 Å². The second-order valence-corrected chi connectivity index (χ2v) is 3.44. The Kier molecular flexibility index (Phi) is 4.17. The molecule has 1 aromatic carbocycles. The maximum absolute atomic E-state index is 11.4. The van der Waals surface area contributed by atoms with E-state index in [1.165, 1.54) is 0 Å². The minimum atomic E-state index is -1.07. The Labute approximate surface area is 92.7 Å². The van der Waals surface area contributed by atoms with Crippen LogP contribution in [0, 0.1) is 0 Å². The van der Waals surface area contributed by atoms with Crippen molar-refractivity contribution in [2.24, 2.45) is 0 Å². The third kappa shape index (κ3) is 3.63. The number of carboxylic acids is 1. The number of benzene rings is 1. The molecule has 0 aliphatic rings. The summed E-state index contributed by atoms with van der Waals surface area (Å²) in [4.78, 5) is 21.6. The SMILES string of the molecule is O=C(O)CNC(=O)C(S)c1ccccc1.